The number of anilines is 2. The van der Waals surface area contributed by atoms with Gasteiger partial charge in [-0.05, 0) is 56.4 Å². The number of rotatable bonds is 4. The van der Waals surface area contributed by atoms with Crippen molar-refractivity contribution < 1.29 is 14.3 Å². The highest BCUT2D eigenvalue weighted by Gasteiger charge is 2.27. The summed E-state index contributed by atoms with van der Waals surface area (Å²) in [6.45, 7) is 0.647. The van der Waals surface area contributed by atoms with Crippen molar-refractivity contribution in [3.8, 4) is 0 Å². The van der Waals surface area contributed by atoms with Crippen LogP contribution in [0, 0.1) is 5.92 Å². The van der Waals surface area contributed by atoms with E-state index in [9.17, 15) is 9.59 Å². The molecule has 1 saturated carbocycles. The smallest absolute Gasteiger partial charge is 0.253 e. The van der Waals surface area contributed by atoms with Crippen LogP contribution in [0.15, 0.2) is 24.3 Å². The molecule has 23 heavy (non-hydrogen) atoms. The fraction of sp³-hybridized carbons (Fsp3) is 0.529. The van der Waals surface area contributed by atoms with E-state index in [1.54, 1.807) is 24.3 Å². The molecular formula is C17H23N3O3. The summed E-state index contributed by atoms with van der Waals surface area (Å²) < 4.78 is 5.35. The van der Waals surface area contributed by atoms with Gasteiger partial charge in [0, 0.05) is 29.9 Å². The third-order valence-electron chi connectivity index (χ3n) is 4.49. The van der Waals surface area contributed by atoms with Crippen LogP contribution in [-0.2, 0) is 14.3 Å². The lowest BCUT2D eigenvalue weighted by molar-refractivity contribution is -0.124. The Labute approximate surface area is 135 Å². The summed E-state index contributed by atoms with van der Waals surface area (Å²) in [7, 11) is 0. The molecule has 1 aromatic rings. The van der Waals surface area contributed by atoms with E-state index in [0.717, 1.165) is 37.8 Å². The molecule has 1 aliphatic heterocycles. The van der Waals surface area contributed by atoms with Gasteiger partial charge in [-0.15, -0.1) is 0 Å². The molecule has 124 valence electrons. The zero-order valence-corrected chi connectivity index (χ0v) is 13.1. The van der Waals surface area contributed by atoms with Gasteiger partial charge in [0.2, 0.25) is 5.91 Å². The highest BCUT2D eigenvalue weighted by atomic mass is 16.5. The normalized spacial score (nSPS) is 26.9. The SMILES string of the molecule is NC1CCC(C(=O)Nc2ccc(NC(=O)C3CCCO3)cc2)C1. The van der Waals surface area contributed by atoms with Gasteiger partial charge >= 0.3 is 0 Å². The number of benzene rings is 1. The minimum atomic E-state index is -0.346. The van der Waals surface area contributed by atoms with Crippen molar-refractivity contribution >= 4 is 23.2 Å². The molecule has 1 aromatic carbocycles. The molecule has 2 fully saturated rings. The first-order valence-electron chi connectivity index (χ1n) is 8.21. The van der Waals surface area contributed by atoms with Crippen LogP contribution in [0.2, 0.25) is 0 Å². The topological polar surface area (TPSA) is 93.5 Å². The summed E-state index contributed by atoms with van der Waals surface area (Å²) in [5, 5.41) is 5.74. The number of hydrogen-bond donors (Lipinski definition) is 3. The summed E-state index contributed by atoms with van der Waals surface area (Å²) in [5.41, 5.74) is 7.27. The number of ether oxygens (including phenoxy) is 1. The Morgan fingerprint density at radius 2 is 1.65 bits per heavy atom. The minimum Gasteiger partial charge on any atom is -0.368 e. The van der Waals surface area contributed by atoms with Gasteiger partial charge in [-0.1, -0.05) is 0 Å². The second kappa shape index (κ2) is 7.10. The van der Waals surface area contributed by atoms with Crippen molar-refractivity contribution in [3.63, 3.8) is 0 Å². The van der Waals surface area contributed by atoms with Crippen LogP contribution in [0.3, 0.4) is 0 Å². The second-order valence-electron chi connectivity index (χ2n) is 6.33. The molecule has 1 heterocycles. The maximum absolute atomic E-state index is 12.1. The summed E-state index contributed by atoms with van der Waals surface area (Å²) in [4.78, 5) is 24.1. The Bertz CT molecular complexity index is 567. The molecule has 1 saturated heterocycles. The molecule has 6 nitrogen and oxygen atoms in total. The van der Waals surface area contributed by atoms with Crippen LogP contribution < -0.4 is 16.4 Å². The summed E-state index contributed by atoms with van der Waals surface area (Å²) in [5.74, 6) is -0.0859. The molecule has 4 N–H and O–H groups in total. The fourth-order valence-corrected chi connectivity index (χ4v) is 3.14. The first kappa shape index (κ1) is 16.0. The van der Waals surface area contributed by atoms with Crippen molar-refractivity contribution in [1.29, 1.82) is 0 Å². The molecule has 0 aromatic heterocycles. The van der Waals surface area contributed by atoms with Gasteiger partial charge < -0.3 is 21.1 Å². The van der Waals surface area contributed by atoms with E-state index < -0.39 is 0 Å². The molecule has 2 aliphatic rings. The summed E-state index contributed by atoms with van der Waals surface area (Å²) in [6.07, 6.45) is 3.86. The first-order valence-corrected chi connectivity index (χ1v) is 8.21. The summed E-state index contributed by atoms with van der Waals surface area (Å²) >= 11 is 0. The standard InChI is InChI=1S/C17H23N3O3/c18-12-4-3-11(10-12)16(21)19-13-5-7-14(8-6-13)20-17(22)15-2-1-9-23-15/h5-8,11-12,15H,1-4,9-10,18H2,(H,19,21)(H,20,22). The van der Waals surface area contributed by atoms with Gasteiger partial charge in [0.15, 0.2) is 0 Å². The molecule has 3 unspecified atom stereocenters. The average molecular weight is 317 g/mol. The van der Waals surface area contributed by atoms with Gasteiger partial charge in [0.1, 0.15) is 6.10 Å². The van der Waals surface area contributed by atoms with E-state index in [1.807, 2.05) is 0 Å². The first-order chi connectivity index (χ1) is 11.1. The molecule has 0 radical (unpaired) electrons. The zero-order valence-electron chi connectivity index (χ0n) is 13.1. The largest absolute Gasteiger partial charge is 0.368 e. The predicted molar refractivity (Wildman–Crippen MR) is 88.0 cm³/mol. The van der Waals surface area contributed by atoms with Gasteiger partial charge in [0.25, 0.3) is 5.91 Å². The van der Waals surface area contributed by atoms with E-state index in [2.05, 4.69) is 10.6 Å². The Hall–Kier alpha value is -1.92. The van der Waals surface area contributed by atoms with Crippen LogP contribution in [0.5, 0.6) is 0 Å². The monoisotopic (exact) mass is 317 g/mol. The van der Waals surface area contributed by atoms with Crippen molar-refractivity contribution in [2.45, 2.75) is 44.2 Å². The van der Waals surface area contributed by atoms with Gasteiger partial charge in [-0.3, -0.25) is 9.59 Å². The number of carbonyl (C=O) groups is 2. The highest BCUT2D eigenvalue weighted by molar-refractivity contribution is 5.95. The van der Waals surface area contributed by atoms with Gasteiger partial charge in [0.05, 0.1) is 0 Å². The fourth-order valence-electron chi connectivity index (χ4n) is 3.14. The van der Waals surface area contributed by atoms with E-state index in [4.69, 9.17) is 10.5 Å². The van der Waals surface area contributed by atoms with Crippen molar-refractivity contribution in [2.75, 3.05) is 17.2 Å². The molecule has 0 bridgehead atoms. The molecule has 1 aliphatic carbocycles. The number of nitrogens with two attached hydrogens (primary N) is 1. The third-order valence-corrected chi connectivity index (χ3v) is 4.49. The van der Waals surface area contributed by atoms with Crippen molar-refractivity contribution in [3.05, 3.63) is 24.3 Å². The van der Waals surface area contributed by atoms with Crippen LogP contribution in [0.25, 0.3) is 0 Å². The number of hydrogen-bond acceptors (Lipinski definition) is 4. The summed E-state index contributed by atoms with van der Waals surface area (Å²) in [6, 6.07) is 7.28. The van der Waals surface area contributed by atoms with E-state index in [-0.39, 0.29) is 29.9 Å². The maximum atomic E-state index is 12.1. The lowest BCUT2D eigenvalue weighted by Crippen LogP contribution is -2.26. The Morgan fingerprint density at radius 3 is 2.17 bits per heavy atom. The zero-order chi connectivity index (χ0) is 16.2. The molecule has 2 amide bonds. The van der Waals surface area contributed by atoms with Crippen molar-refractivity contribution in [2.24, 2.45) is 11.7 Å². The van der Waals surface area contributed by atoms with Gasteiger partial charge in [-0.2, -0.15) is 0 Å². The molecular weight excluding hydrogens is 294 g/mol. The Kier molecular flexibility index (Phi) is 4.93. The van der Waals surface area contributed by atoms with Gasteiger partial charge in [-0.25, -0.2) is 0 Å². The Balaban J connectivity index is 1.52. The lowest BCUT2D eigenvalue weighted by Gasteiger charge is -2.13. The van der Waals surface area contributed by atoms with Crippen LogP contribution in [0.1, 0.15) is 32.1 Å². The molecule has 3 atom stereocenters. The predicted octanol–water partition coefficient (Wildman–Crippen LogP) is 1.87. The van der Waals surface area contributed by atoms with E-state index >= 15 is 0 Å². The van der Waals surface area contributed by atoms with Crippen molar-refractivity contribution in [1.82, 2.24) is 0 Å². The van der Waals surface area contributed by atoms with Crippen LogP contribution in [0.4, 0.5) is 11.4 Å². The Morgan fingerprint density at radius 1 is 1.00 bits per heavy atom. The second-order valence-corrected chi connectivity index (χ2v) is 6.33. The molecule has 3 rings (SSSR count). The number of nitrogens with one attached hydrogen (secondary N) is 2. The number of carbonyl (C=O) groups excluding carboxylic acids is 2. The van der Waals surface area contributed by atoms with Crippen LogP contribution in [-0.4, -0.2) is 30.6 Å². The molecule has 0 spiro atoms. The van der Waals surface area contributed by atoms with E-state index in [0.29, 0.717) is 12.3 Å². The third kappa shape index (κ3) is 4.09. The number of amides is 2. The lowest BCUT2D eigenvalue weighted by atomic mass is 10.1. The van der Waals surface area contributed by atoms with E-state index in [1.165, 1.54) is 0 Å². The quantitative estimate of drug-likeness (QED) is 0.790. The highest BCUT2D eigenvalue weighted by Crippen LogP contribution is 2.26. The van der Waals surface area contributed by atoms with Crippen LogP contribution >= 0.6 is 0 Å². The maximum Gasteiger partial charge on any atom is 0.253 e. The minimum absolute atomic E-state index is 0.00361. The average Bonchev–Trinajstić information content (AvgIpc) is 3.20. The molecule has 6 heteroatoms.